The quantitative estimate of drug-likeness (QED) is 0.826. The Kier molecular flexibility index (Phi) is 3.34. The Morgan fingerprint density at radius 3 is 2.39 bits per heavy atom. The van der Waals surface area contributed by atoms with E-state index >= 15 is 0 Å². The first-order chi connectivity index (χ1) is 8.44. The van der Waals surface area contributed by atoms with Gasteiger partial charge < -0.3 is 10.2 Å². The highest BCUT2D eigenvalue weighted by atomic mass is 32.2. The van der Waals surface area contributed by atoms with Crippen molar-refractivity contribution in [3.63, 3.8) is 0 Å². The zero-order valence-electron chi connectivity index (χ0n) is 10.7. The second-order valence-electron chi connectivity index (χ2n) is 4.76. The van der Waals surface area contributed by atoms with Crippen molar-refractivity contribution >= 4 is 29.3 Å². The minimum atomic E-state index is -0.840. The molecule has 0 aromatic heterocycles. The molecule has 5 heteroatoms. The summed E-state index contributed by atoms with van der Waals surface area (Å²) in [4.78, 5) is 26.5. The molecule has 1 aromatic rings. The molecule has 0 bridgehead atoms. The zero-order valence-corrected chi connectivity index (χ0v) is 11.5. The first-order valence-electron chi connectivity index (χ1n) is 5.71. The SMILES string of the molecule is CSc1ccc(N2CC(=O)NC(C)(C)C2=O)cc1. The van der Waals surface area contributed by atoms with Crippen molar-refractivity contribution in [3.8, 4) is 0 Å². The number of hydrogen-bond donors (Lipinski definition) is 1. The van der Waals surface area contributed by atoms with Gasteiger partial charge in [0, 0.05) is 10.6 Å². The predicted molar refractivity (Wildman–Crippen MR) is 72.8 cm³/mol. The van der Waals surface area contributed by atoms with Crippen molar-refractivity contribution in [2.24, 2.45) is 0 Å². The first kappa shape index (κ1) is 13.0. The van der Waals surface area contributed by atoms with Crippen LogP contribution in [0.4, 0.5) is 5.69 Å². The van der Waals surface area contributed by atoms with Gasteiger partial charge in [0.15, 0.2) is 0 Å². The van der Waals surface area contributed by atoms with E-state index < -0.39 is 5.54 Å². The van der Waals surface area contributed by atoms with E-state index in [4.69, 9.17) is 0 Å². The molecule has 0 aliphatic carbocycles. The lowest BCUT2D eigenvalue weighted by Gasteiger charge is -2.37. The normalized spacial score (nSPS) is 18.7. The maximum Gasteiger partial charge on any atom is 0.252 e. The molecule has 0 unspecified atom stereocenters. The molecule has 1 saturated heterocycles. The van der Waals surface area contributed by atoms with Crippen LogP contribution in [-0.2, 0) is 9.59 Å². The molecule has 2 amide bonds. The standard InChI is InChI=1S/C13H16N2O2S/c1-13(2)12(17)15(8-11(16)14-13)9-4-6-10(18-3)7-5-9/h4-7H,8H2,1-3H3,(H,14,16). The monoisotopic (exact) mass is 264 g/mol. The number of benzene rings is 1. The Labute approximate surface area is 111 Å². The Bertz CT molecular complexity index is 482. The molecule has 1 fully saturated rings. The van der Waals surface area contributed by atoms with Gasteiger partial charge >= 0.3 is 0 Å². The number of rotatable bonds is 2. The average molecular weight is 264 g/mol. The fourth-order valence-corrected chi connectivity index (χ4v) is 2.37. The number of hydrogen-bond acceptors (Lipinski definition) is 3. The molecule has 1 aliphatic rings. The maximum atomic E-state index is 12.3. The second-order valence-corrected chi connectivity index (χ2v) is 5.64. The van der Waals surface area contributed by atoms with Crippen LogP contribution >= 0.6 is 11.8 Å². The van der Waals surface area contributed by atoms with E-state index in [2.05, 4.69) is 5.32 Å². The number of nitrogens with one attached hydrogen (secondary N) is 1. The number of carbonyl (C=O) groups is 2. The molecule has 2 rings (SSSR count). The van der Waals surface area contributed by atoms with E-state index in [0.29, 0.717) is 0 Å². The fourth-order valence-electron chi connectivity index (χ4n) is 1.97. The largest absolute Gasteiger partial charge is 0.341 e. The van der Waals surface area contributed by atoms with Crippen molar-refractivity contribution < 1.29 is 9.59 Å². The molecule has 1 N–H and O–H groups in total. The molecule has 96 valence electrons. The highest BCUT2D eigenvalue weighted by Gasteiger charge is 2.39. The summed E-state index contributed by atoms with van der Waals surface area (Å²) in [5.41, 5.74) is -0.0752. The predicted octanol–water partition coefficient (Wildman–Crippen LogP) is 1.65. The summed E-state index contributed by atoms with van der Waals surface area (Å²) in [6, 6.07) is 7.65. The van der Waals surface area contributed by atoms with E-state index in [9.17, 15) is 9.59 Å². The lowest BCUT2D eigenvalue weighted by molar-refractivity contribution is -0.134. The van der Waals surface area contributed by atoms with Crippen LogP contribution in [0, 0.1) is 0 Å². The van der Waals surface area contributed by atoms with Crippen molar-refractivity contribution in [3.05, 3.63) is 24.3 Å². The van der Waals surface area contributed by atoms with Gasteiger partial charge in [-0.2, -0.15) is 0 Å². The maximum absolute atomic E-state index is 12.3. The number of thioether (sulfide) groups is 1. The molecule has 0 atom stereocenters. The molecular weight excluding hydrogens is 248 g/mol. The number of piperazine rings is 1. The average Bonchev–Trinajstić information content (AvgIpc) is 2.33. The molecule has 1 heterocycles. The molecule has 1 aliphatic heterocycles. The minimum Gasteiger partial charge on any atom is -0.341 e. The van der Waals surface area contributed by atoms with E-state index in [0.717, 1.165) is 10.6 Å². The molecule has 0 saturated carbocycles. The zero-order chi connectivity index (χ0) is 13.3. The van der Waals surface area contributed by atoms with Gasteiger partial charge in [0.2, 0.25) is 5.91 Å². The third kappa shape index (κ3) is 2.36. The summed E-state index contributed by atoms with van der Waals surface area (Å²) in [7, 11) is 0. The van der Waals surface area contributed by atoms with Crippen LogP contribution in [0.15, 0.2) is 29.2 Å². The minimum absolute atomic E-state index is 0.0842. The van der Waals surface area contributed by atoms with E-state index in [1.165, 1.54) is 4.90 Å². The molecule has 0 radical (unpaired) electrons. The summed E-state index contributed by atoms with van der Waals surface area (Å²) in [6.45, 7) is 3.52. The van der Waals surface area contributed by atoms with Crippen molar-refractivity contribution in [1.82, 2.24) is 5.32 Å². The van der Waals surface area contributed by atoms with Crippen LogP contribution in [0.25, 0.3) is 0 Å². The number of amides is 2. The second kappa shape index (κ2) is 4.65. The third-order valence-electron chi connectivity index (χ3n) is 2.92. The van der Waals surface area contributed by atoms with Crippen LogP contribution in [-0.4, -0.2) is 30.2 Å². The highest BCUT2D eigenvalue weighted by Crippen LogP contribution is 2.24. The topological polar surface area (TPSA) is 49.4 Å². The lowest BCUT2D eigenvalue weighted by Crippen LogP contribution is -2.64. The fraction of sp³-hybridized carbons (Fsp3) is 0.385. The molecule has 0 spiro atoms. The van der Waals surface area contributed by atoms with Gasteiger partial charge in [0.25, 0.3) is 5.91 Å². The van der Waals surface area contributed by atoms with Gasteiger partial charge in [-0.25, -0.2) is 0 Å². The van der Waals surface area contributed by atoms with Crippen LogP contribution < -0.4 is 10.2 Å². The lowest BCUT2D eigenvalue weighted by atomic mass is 10.00. The molecule has 18 heavy (non-hydrogen) atoms. The highest BCUT2D eigenvalue weighted by molar-refractivity contribution is 7.98. The number of carbonyl (C=O) groups excluding carboxylic acids is 2. The Morgan fingerprint density at radius 1 is 1.22 bits per heavy atom. The van der Waals surface area contributed by atoms with Gasteiger partial charge in [0.1, 0.15) is 12.1 Å². The summed E-state index contributed by atoms with van der Waals surface area (Å²) in [5.74, 6) is -0.215. The van der Waals surface area contributed by atoms with Crippen molar-refractivity contribution in [2.45, 2.75) is 24.3 Å². The summed E-state index contributed by atoms with van der Waals surface area (Å²) < 4.78 is 0. The van der Waals surface area contributed by atoms with Crippen molar-refractivity contribution in [1.29, 1.82) is 0 Å². The number of nitrogens with zero attached hydrogens (tertiary/aromatic N) is 1. The molecule has 4 nitrogen and oxygen atoms in total. The van der Waals surface area contributed by atoms with Crippen LogP contribution in [0.5, 0.6) is 0 Å². The molecule has 1 aromatic carbocycles. The van der Waals surface area contributed by atoms with E-state index in [1.807, 2.05) is 30.5 Å². The summed E-state index contributed by atoms with van der Waals surface area (Å²) in [5, 5.41) is 2.69. The van der Waals surface area contributed by atoms with Crippen LogP contribution in [0.2, 0.25) is 0 Å². The van der Waals surface area contributed by atoms with E-state index in [1.54, 1.807) is 25.6 Å². The Hall–Kier alpha value is -1.49. The third-order valence-corrected chi connectivity index (χ3v) is 3.66. The van der Waals surface area contributed by atoms with Gasteiger partial charge in [-0.1, -0.05) is 0 Å². The summed E-state index contributed by atoms with van der Waals surface area (Å²) in [6.07, 6.45) is 2.00. The molecular formula is C13H16N2O2S. The number of anilines is 1. The Balaban J connectivity index is 2.30. The Morgan fingerprint density at radius 2 is 1.83 bits per heavy atom. The van der Waals surface area contributed by atoms with Gasteiger partial charge in [0.05, 0.1) is 0 Å². The smallest absolute Gasteiger partial charge is 0.252 e. The van der Waals surface area contributed by atoms with Crippen LogP contribution in [0.3, 0.4) is 0 Å². The van der Waals surface area contributed by atoms with Crippen LogP contribution in [0.1, 0.15) is 13.8 Å². The summed E-state index contributed by atoms with van der Waals surface area (Å²) >= 11 is 1.64. The van der Waals surface area contributed by atoms with Gasteiger partial charge in [-0.3, -0.25) is 9.59 Å². The van der Waals surface area contributed by atoms with Gasteiger partial charge in [-0.05, 0) is 44.4 Å². The van der Waals surface area contributed by atoms with Crippen molar-refractivity contribution in [2.75, 3.05) is 17.7 Å². The van der Waals surface area contributed by atoms with E-state index in [-0.39, 0.29) is 18.4 Å². The van der Waals surface area contributed by atoms with Gasteiger partial charge in [-0.15, -0.1) is 11.8 Å². The first-order valence-corrected chi connectivity index (χ1v) is 6.93.